The van der Waals surface area contributed by atoms with Crippen LogP contribution in [0.5, 0.6) is 11.5 Å². The van der Waals surface area contributed by atoms with E-state index in [1.165, 1.54) is 14.2 Å². The molecule has 29 heavy (non-hydrogen) atoms. The van der Waals surface area contributed by atoms with Gasteiger partial charge in [0.1, 0.15) is 11.3 Å². The number of rotatable bonds is 6. The first-order chi connectivity index (χ1) is 14.0. The van der Waals surface area contributed by atoms with Crippen molar-refractivity contribution < 1.29 is 18.7 Å². The van der Waals surface area contributed by atoms with E-state index in [0.29, 0.717) is 37.5 Å². The molecule has 2 aromatic rings. The van der Waals surface area contributed by atoms with E-state index in [-0.39, 0.29) is 34.5 Å². The van der Waals surface area contributed by atoms with Crippen LogP contribution in [0.25, 0.3) is 10.9 Å². The van der Waals surface area contributed by atoms with Gasteiger partial charge in [-0.3, -0.25) is 4.79 Å². The molecule has 0 atom stereocenters. The van der Waals surface area contributed by atoms with Crippen LogP contribution in [0.2, 0.25) is 0 Å². The van der Waals surface area contributed by atoms with Crippen molar-refractivity contribution in [2.45, 2.75) is 12.8 Å². The Hall–Kier alpha value is -3.10. The van der Waals surface area contributed by atoms with E-state index in [0.717, 1.165) is 12.8 Å². The number of hydrogen-bond donors (Lipinski definition) is 1. The molecule has 4 rings (SSSR count). The summed E-state index contributed by atoms with van der Waals surface area (Å²) in [6.07, 6.45) is 5.55. The number of hydrogen-bond acceptors (Lipinski definition) is 8. The zero-order valence-electron chi connectivity index (χ0n) is 16.5. The van der Waals surface area contributed by atoms with E-state index in [4.69, 9.17) is 15.2 Å². The van der Waals surface area contributed by atoms with Crippen molar-refractivity contribution in [2.75, 3.05) is 51.0 Å². The molecule has 0 spiro atoms. The number of fused-ring (bicyclic) bond motifs is 1. The lowest BCUT2D eigenvalue weighted by Gasteiger charge is -2.34. The number of ether oxygens (including phenoxy) is 2. The van der Waals surface area contributed by atoms with Gasteiger partial charge in [-0.15, -0.1) is 0 Å². The Kier molecular flexibility index (Phi) is 5.12. The van der Waals surface area contributed by atoms with Gasteiger partial charge in [0, 0.05) is 43.7 Å². The average Bonchev–Trinajstić information content (AvgIpc) is 3.58. The topological polar surface area (TPSA) is 93.8 Å². The molecule has 1 saturated carbocycles. The van der Waals surface area contributed by atoms with E-state index in [1.54, 1.807) is 12.1 Å². The van der Waals surface area contributed by atoms with Crippen LogP contribution in [0, 0.1) is 11.7 Å². The monoisotopic (exact) mass is 401 g/mol. The minimum absolute atomic E-state index is 0.0145. The van der Waals surface area contributed by atoms with Crippen LogP contribution in [0.15, 0.2) is 18.3 Å². The number of methoxy groups -OCH3 is 2. The van der Waals surface area contributed by atoms with Crippen LogP contribution in [0.1, 0.15) is 12.8 Å². The second-order valence-corrected chi connectivity index (χ2v) is 7.25. The number of carbonyl (C=O) groups is 1. The number of nitrogens with two attached hydrogens (primary N) is 1. The van der Waals surface area contributed by atoms with E-state index in [1.807, 2.05) is 11.1 Å². The highest BCUT2D eigenvalue weighted by molar-refractivity contribution is 5.93. The second kappa shape index (κ2) is 7.73. The van der Waals surface area contributed by atoms with Crippen molar-refractivity contribution in [3.05, 3.63) is 24.2 Å². The van der Waals surface area contributed by atoms with E-state index in [9.17, 15) is 9.18 Å². The minimum atomic E-state index is -0.627. The highest BCUT2D eigenvalue weighted by Crippen LogP contribution is 2.37. The molecular formula is C20H24FN5O3. The van der Waals surface area contributed by atoms with Gasteiger partial charge in [-0.05, 0) is 25.0 Å². The number of allylic oxidation sites excluding steroid dienone is 1. The van der Waals surface area contributed by atoms with E-state index in [2.05, 4.69) is 14.9 Å². The van der Waals surface area contributed by atoms with Gasteiger partial charge >= 0.3 is 0 Å². The third-order valence-electron chi connectivity index (χ3n) is 5.32. The highest BCUT2D eigenvalue weighted by atomic mass is 19.1. The molecule has 1 aromatic carbocycles. The Labute approximate surface area is 168 Å². The molecule has 1 aromatic heterocycles. The van der Waals surface area contributed by atoms with Crippen molar-refractivity contribution >= 4 is 28.5 Å². The molecule has 0 radical (unpaired) electrons. The summed E-state index contributed by atoms with van der Waals surface area (Å²) in [6, 6.07) is 1.58. The van der Waals surface area contributed by atoms with Crippen molar-refractivity contribution in [2.24, 2.45) is 5.92 Å². The molecular weight excluding hydrogens is 377 g/mol. The first-order valence-corrected chi connectivity index (χ1v) is 9.60. The van der Waals surface area contributed by atoms with Crippen molar-refractivity contribution in [3.63, 3.8) is 0 Å². The summed E-state index contributed by atoms with van der Waals surface area (Å²) in [6.45, 7) is 2.71. The number of aromatic nitrogens is 2. The fraction of sp³-hybridized carbons (Fsp3) is 0.450. The largest absolute Gasteiger partial charge is 0.493 e. The van der Waals surface area contributed by atoms with E-state index < -0.39 is 5.82 Å². The van der Waals surface area contributed by atoms with Crippen molar-refractivity contribution in [3.8, 4) is 11.5 Å². The van der Waals surface area contributed by atoms with E-state index >= 15 is 0 Å². The molecule has 2 N–H and O–H groups in total. The first kappa shape index (κ1) is 19.2. The van der Waals surface area contributed by atoms with Gasteiger partial charge in [-0.2, -0.15) is 4.98 Å². The molecule has 0 unspecified atom stereocenters. The molecule has 2 aliphatic rings. The van der Waals surface area contributed by atoms with Crippen LogP contribution in [0.4, 0.5) is 16.2 Å². The predicted molar refractivity (Wildman–Crippen MR) is 108 cm³/mol. The lowest BCUT2D eigenvalue weighted by Crippen LogP contribution is -2.44. The SMILES string of the molecule is COc1cc2c(N)nc(N3CCN(/C=C/C(=O)C4CC4)CC3)nc2c(F)c1OC. The molecule has 8 nitrogen and oxygen atoms in total. The minimum Gasteiger partial charge on any atom is -0.493 e. The van der Waals surface area contributed by atoms with Crippen molar-refractivity contribution in [1.82, 2.24) is 14.9 Å². The molecule has 2 fully saturated rings. The summed E-state index contributed by atoms with van der Waals surface area (Å²) in [4.78, 5) is 24.6. The summed E-state index contributed by atoms with van der Waals surface area (Å²) >= 11 is 0. The highest BCUT2D eigenvalue weighted by Gasteiger charge is 2.28. The zero-order valence-corrected chi connectivity index (χ0v) is 16.5. The third-order valence-corrected chi connectivity index (χ3v) is 5.32. The lowest BCUT2D eigenvalue weighted by molar-refractivity contribution is -0.115. The Morgan fingerprint density at radius 2 is 1.93 bits per heavy atom. The average molecular weight is 401 g/mol. The van der Waals surface area contributed by atoms with Crippen LogP contribution < -0.4 is 20.1 Å². The molecule has 0 bridgehead atoms. The van der Waals surface area contributed by atoms with Crippen LogP contribution in [-0.4, -0.2) is 61.0 Å². The maximum absolute atomic E-state index is 14.9. The Morgan fingerprint density at radius 3 is 2.55 bits per heavy atom. The predicted octanol–water partition coefficient (Wildman–Crippen LogP) is 1.98. The second-order valence-electron chi connectivity index (χ2n) is 7.25. The lowest BCUT2D eigenvalue weighted by atomic mass is 10.2. The number of nitrogen functional groups attached to an aromatic ring is 1. The maximum Gasteiger partial charge on any atom is 0.228 e. The molecule has 0 amide bonds. The number of nitrogens with zero attached hydrogens (tertiary/aromatic N) is 4. The van der Waals surface area contributed by atoms with Gasteiger partial charge < -0.3 is 25.0 Å². The molecule has 2 heterocycles. The van der Waals surface area contributed by atoms with Gasteiger partial charge in [0.25, 0.3) is 0 Å². The molecule has 1 saturated heterocycles. The summed E-state index contributed by atoms with van der Waals surface area (Å²) in [5, 5.41) is 0.379. The van der Waals surface area contributed by atoms with Crippen molar-refractivity contribution in [1.29, 1.82) is 0 Å². The number of halogens is 1. The number of anilines is 2. The standard InChI is InChI=1S/C20H24FN5O3/c1-28-15-11-13-17(16(21)18(15)29-2)23-20(24-19(13)22)26-9-7-25(8-10-26)6-5-14(27)12-3-4-12/h5-6,11-12H,3-4,7-10H2,1-2H3,(H2,22,23,24)/b6-5+. The van der Waals surface area contributed by atoms with Gasteiger partial charge in [0.05, 0.1) is 14.2 Å². The quantitative estimate of drug-likeness (QED) is 0.735. The van der Waals surface area contributed by atoms with Crippen LogP contribution >= 0.6 is 0 Å². The Balaban J connectivity index is 1.54. The van der Waals surface area contributed by atoms with Crippen LogP contribution in [0.3, 0.4) is 0 Å². The molecule has 9 heteroatoms. The molecule has 1 aliphatic heterocycles. The molecule has 1 aliphatic carbocycles. The van der Waals surface area contributed by atoms with Gasteiger partial charge in [0.15, 0.2) is 23.1 Å². The van der Waals surface area contributed by atoms with Crippen LogP contribution in [-0.2, 0) is 4.79 Å². The molecule has 154 valence electrons. The number of benzene rings is 1. The summed E-state index contributed by atoms with van der Waals surface area (Å²) in [5.41, 5.74) is 6.19. The fourth-order valence-electron chi connectivity index (χ4n) is 3.43. The summed E-state index contributed by atoms with van der Waals surface area (Å²) in [5.74, 6) is 0.587. The Morgan fingerprint density at radius 1 is 1.21 bits per heavy atom. The number of piperazine rings is 1. The van der Waals surface area contributed by atoms with Gasteiger partial charge in [0.2, 0.25) is 5.95 Å². The summed E-state index contributed by atoms with van der Waals surface area (Å²) in [7, 11) is 2.81. The maximum atomic E-state index is 14.9. The summed E-state index contributed by atoms with van der Waals surface area (Å²) < 4.78 is 25.2. The van der Waals surface area contributed by atoms with Gasteiger partial charge in [-0.25, -0.2) is 9.37 Å². The Bertz CT molecular complexity index is 968. The zero-order chi connectivity index (χ0) is 20.5. The van der Waals surface area contributed by atoms with Gasteiger partial charge in [-0.1, -0.05) is 0 Å². The fourth-order valence-corrected chi connectivity index (χ4v) is 3.43. The smallest absolute Gasteiger partial charge is 0.228 e. The number of carbonyl (C=O) groups excluding carboxylic acids is 1. The normalized spacial score (nSPS) is 17.2. The first-order valence-electron chi connectivity index (χ1n) is 9.60. The third kappa shape index (κ3) is 3.76. The number of ketones is 1.